The largest absolute Gasteiger partial charge is 0.496 e. The van der Waals surface area contributed by atoms with Crippen molar-refractivity contribution in [1.82, 2.24) is 14.9 Å². The summed E-state index contributed by atoms with van der Waals surface area (Å²) in [7, 11) is 6.38. The fraction of sp³-hybridized carbons (Fsp3) is 0.152. The molecule has 308 valence electrons. The van der Waals surface area contributed by atoms with Crippen molar-refractivity contribution in [3.05, 3.63) is 167 Å². The number of hydrogen-bond donors (Lipinski definition) is 3. The number of hydrogen-bond acceptors (Lipinski definition) is 10. The topological polar surface area (TPSA) is 201 Å². The highest BCUT2D eigenvalue weighted by Crippen LogP contribution is 2.41. The number of pyridine rings is 2. The van der Waals surface area contributed by atoms with Gasteiger partial charge in [0.2, 0.25) is 11.6 Å². The van der Waals surface area contributed by atoms with Crippen molar-refractivity contribution in [1.29, 1.82) is 0 Å². The zero-order valence-corrected chi connectivity index (χ0v) is 34.9. The molecule has 0 fully saturated rings. The number of carbonyl (C=O) groups excluding carboxylic acids is 3. The summed E-state index contributed by atoms with van der Waals surface area (Å²) in [4.78, 5) is 56.1. The van der Waals surface area contributed by atoms with Crippen LogP contribution in [-0.4, -0.2) is 72.6 Å². The smallest absolute Gasteiger partial charge is 0.266 e. The van der Waals surface area contributed by atoms with Crippen LogP contribution in [0.4, 0.5) is 0 Å². The van der Waals surface area contributed by atoms with Crippen molar-refractivity contribution < 1.29 is 23.9 Å². The van der Waals surface area contributed by atoms with E-state index in [1.165, 1.54) is 11.9 Å². The maximum Gasteiger partial charge on any atom is 0.266 e. The molecule has 60 heavy (non-hydrogen) atoms. The zero-order chi connectivity index (χ0) is 42.7. The van der Waals surface area contributed by atoms with E-state index in [0.717, 1.165) is 50.3 Å². The molecule has 6 N–H and O–H groups in total. The van der Waals surface area contributed by atoms with E-state index < -0.39 is 17.1 Å². The van der Waals surface area contributed by atoms with Gasteiger partial charge in [-0.1, -0.05) is 42.5 Å². The number of benzene rings is 4. The predicted octanol–water partition coefficient (Wildman–Crippen LogP) is 6.54. The summed E-state index contributed by atoms with van der Waals surface area (Å²) in [6.07, 6.45) is 6.87. The highest BCUT2D eigenvalue weighted by Gasteiger charge is 2.49. The summed E-state index contributed by atoms with van der Waals surface area (Å²) in [5.74, 6) is 0.515. The minimum absolute atomic E-state index is 0. The van der Waals surface area contributed by atoms with Crippen molar-refractivity contribution in [3.8, 4) is 33.8 Å². The van der Waals surface area contributed by atoms with Gasteiger partial charge in [0.1, 0.15) is 11.5 Å². The molecule has 0 saturated carbocycles. The fourth-order valence-electron chi connectivity index (χ4n) is 6.42. The lowest BCUT2D eigenvalue weighted by molar-refractivity contribution is -0.129. The summed E-state index contributed by atoms with van der Waals surface area (Å²) in [6, 6.07) is 33.1. The van der Waals surface area contributed by atoms with Crippen molar-refractivity contribution in [2.75, 3.05) is 28.3 Å². The molecule has 0 radical (unpaired) electrons. The highest BCUT2D eigenvalue weighted by molar-refractivity contribution is 6.49. The normalized spacial score (nSPS) is 13.9. The van der Waals surface area contributed by atoms with E-state index in [2.05, 4.69) is 20.0 Å². The van der Waals surface area contributed by atoms with Gasteiger partial charge in [0.15, 0.2) is 17.5 Å². The molecule has 3 heterocycles. The second-order valence-electron chi connectivity index (χ2n) is 13.4. The van der Waals surface area contributed by atoms with E-state index in [1.807, 2.05) is 86.6 Å². The van der Waals surface area contributed by atoms with Gasteiger partial charge in [0.05, 0.1) is 14.2 Å². The Kier molecular flexibility index (Phi) is 15.4. The first kappa shape index (κ1) is 45.3. The number of carbonyl (C=O) groups is 3. The number of nitrogens with two attached hydrogens (primary N) is 3. The molecular formula is C46H47ClN8O5. The molecule has 0 bridgehead atoms. The molecule has 2 aromatic heterocycles. The maximum atomic E-state index is 13.4. The summed E-state index contributed by atoms with van der Waals surface area (Å²) in [5.41, 5.74) is 22.3. The molecule has 0 aliphatic carbocycles. The Morgan fingerprint density at radius 2 is 1.12 bits per heavy atom. The second kappa shape index (κ2) is 20.4. The van der Waals surface area contributed by atoms with Gasteiger partial charge in [-0.05, 0) is 125 Å². The standard InChI is InChI=1S/C23H22N4O2.C21H17NO3.C2H7N3.ClH/c1-15-13-19(7-8-20(15)29-3)23(21(28)27(2)22(24)26-23)18-6-4-5-17(14-18)16-9-11-25-12-10-16;1-14-12-18(6-7-19(14)25-2)21(24)20(23)17-5-3-4-16(13-17)15-8-10-22-11-9-15;1-5-2(3)4;/h4-14H,1-3H3,(H2,24,26);3-13H,1-2H3;1H3,(H4,3,4,5);1H. The number of methoxy groups -OCH3 is 2. The molecule has 4 aromatic carbocycles. The minimum atomic E-state index is -1.24. The number of Topliss-reactive ketones (excluding diaryl/α,β-unsaturated/α-hetero) is 2. The van der Waals surface area contributed by atoms with Crippen LogP contribution in [0.25, 0.3) is 22.3 Å². The predicted molar refractivity (Wildman–Crippen MR) is 238 cm³/mol. The third-order valence-corrected chi connectivity index (χ3v) is 9.61. The number of aliphatic imine (C=N–C) groups is 2. The Morgan fingerprint density at radius 3 is 1.58 bits per heavy atom. The Hall–Kier alpha value is -7.38. The summed E-state index contributed by atoms with van der Waals surface area (Å²) in [6.45, 7) is 3.78. The molecule has 1 unspecified atom stereocenters. The van der Waals surface area contributed by atoms with Crippen LogP contribution in [0, 0.1) is 13.8 Å². The highest BCUT2D eigenvalue weighted by atomic mass is 35.5. The molecule has 0 spiro atoms. The molecular weight excluding hydrogens is 780 g/mol. The van der Waals surface area contributed by atoms with Crippen LogP contribution in [-0.2, 0) is 10.3 Å². The van der Waals surface area contributed by atoms with Gasteiger partial charge in [-0.3, -0.25) is 34.2 Å². The van der Waals surface area contributed by atoms with Gasteiger partial charge in [0, 0.05) is 50.0 Å². The lowest BCUT2D eigenvalue weighted by atomic mass is 9.81. The zero-order valence-electron chi connectivity index (χ0n) is 34.1. The number of ether oxygens (including phenoxy) is 2. The van der Waals surface area contributed by atoms with E-state index in [4.69, 9.17) is 26.7 Å². The monoisotopic (exact) mass is 826 g/mol. The number of nitrogens with zero attached hydrogens (tertiary/aromatic N) is 5. The first-order valence-electron chi connectivity index (χ1n) is 18.4. The van der Waals surface area contributed by atoms with Crippen molar-refractivity contribution in [2.24, 2.45) is 27.2 Å². The quantitative estimate of drug-likeness (QED) is 0.0622. The molecule has 1 aliphatic rings. The SMILES string of the molecule is CN=C(N)N.COc1ccc(C(=O)C(=O)c2cccc(-c3ccncc3)c2)cc1C.COc1ccc(C2(c3cccc(-c4ccncc4)c3)N=C(N)N(C)C2=O)cc1C.Cl. The van der Waals surface area contributed by atoms with E-state index in [-0.39, 0.29) is 30.2 Å². The number of halogens is 1. The third-order valence-electron chi connectivity index (χ3n) is 9.61. The van der Waals surface area contributed by atoms with Crippen LogP contribution in [0.3, 0.4) is 0 Å². The van der Waals surface area contributed by atoms with Gasteiger partial charge < -0.3 is 26.7 Å². The van der Waals surface area contributed by atoms with Gasteiger partial charge in [-0.2, -0.15) is 0 Å². The van der Waals surface area contributed by atoms with Crippen LogP contribution in [0.15, 0.2) is 144 Å². The molecule has 6 aromatic rings. The Labute approximate surface area is 355 Å². The van der Waals surface area contributed by atoms with Gasteiger partial charge in [-0.25, -0.2) is 4.99 Å². The van der Waals surface area contributed by atoms with E-state index in [9.17, 15) is 14.4 Å². The van der Waals surface area contributed by atoms with E-state index in [0.29, 0.717) is 16.9 Å². The number of likely N-dealkylation sites (N-methyl/N-ethyl adjacent to an activating group) is 1. The molecule has 1 atom stereocenters. The number of guanidine groups is 2. The lowest BCUT2D eigenvalue weighted by Gasteiger charge is -2.27. The van der Waals surface area contributed by atoms with Crippen LogP contribution >= 0.6 is 12.4 Å². The first-order chi connectivity index (χ1) is 28.3. The minimum Gasteiger partial charge on any atom is -0.496 e. The molecule has 13 nitrogen and oxygen atoms in total. The average Bonchev–Trinajstić information content (AvgIpc) is 3.51. The van der Waals surface area contributed by atoms with Crippen LogP contribution in [0.5, 0.6) is 11.5 Å². The summed E-state index contributed by atoms with van der Waals surface area (Å²) in [5, 5.41) is 0. The molecule has 14 heteroatoms. The number of aryl methyl sites for hydroxylation is 2. The summed E-state index contributed by atoms with van der Waals surface area (Å²) >= 11 is 0. The van der Waals surface area contributed by atoms with E-state index >= 15 is 0 Å². The Balaban J connectivity index is 0.000000236. The van der Waals surface area contributed by atoms with Crippen molar-refractivity contribution in [2.45, 2.75) is 19.4 Å². The Morgan fingerprint density at radius 1 is 0.650 bits per heavy atom. The summed E-state index contributed by atoms with van der Waals surface area (Å²) < 4.78 is 10.6. The van der Waals surface area contributed by atoms with Crippen molar-refractivity contribution >= 4 is 41.8 Å². The van der Waals surface area contributed by atoms with Gasteiger partial charge >= 0.3 is 0 Å². The van der Waals surface area contributed by atoms with Crippen LogP contribution < -0.4 is 26.7 Å². The molecule has 7 rings (SSSR count). The number of ketones is 2. The molecule has 1 aliphatic heterocycles. The number of rotatable bonds is 9. The molecule has 1 amide bonds. The average molecular weight is 827 g/mol. The maximum absolute atomic E-state index is 13.4. The lowest BCUT2D eigenvalue weighted by Crippen LogP contribution is -2.41. The molecule has 0 saturated heterocycles. The number of aromatic nitrogens is 2. The van der Waals surface area contributed by atoms with Gasteiger partial charge in [-0.15, -0.1) is 12.4 Å². The van der Waals surface area contributed by atoms with Crippen LogP contribution in [0.2, 0.25) is 0 Å². The van der Waals surface area contributed by atoms with Gasteiger partial charge in [0.25, 0.3) is 5.91 Å². The third kappa shape index (κ3) is 10.0. The van der Waals surface area contributed by atoms with E-state index in [1.54, 1.807) is 82.5 Å². The second-order valence-corrected chi connectivity index (χ2v) is 13.4. The number of amides is 1. The first-order valence-corrected chi connectivity index (χ1v) is 18.4. The van der Waals surface area contributed by atoms with Crippen molar-refractivity contribution in [3.63, 3.8) is 0 Å². The van der Waals surface area contributed by atoms with Crippen LogP contribution in [0.1, 0.15) is 43.0 Å². The fourth-order valence-corrected chi connectivity index (χ4v) is 6.42. The Bertz CT molecular complexity index is 2530.